The molecule has 8 heteroatoms. The van der Waals surface area contributed by atoms with Crippen LogP contribution in [-0.4, -0.2) is 33.1 Å². The molecule has 2 aromatic carbocycles. The number of rotatable bonds is 6. The highest BCUT2D eigenvalue weighted by Gasteiger charge is 2.21. The molecule has 1 aliphatic rings. The van der Waals surface area contributed by atoms with Gasteiger partial charge in [0.1, 0.15) is 11.6 Å². The van der Waals surface area contributed by atoms with Gasteiger partial charge in [0, 0.05) is 24.4 Å². The summed E-state index contributed by atoms with van der Waals surface area (Å²) in [5.74, 6) is -0.422. The summed E-state index contributed by atoms with van der Waals surface area (Å²) in [6, 6.07) is 12.5. The topological polar surface area (TPSA) is 111 Å². The highest BCUT2D eigenvalue weighted by molar-refractivity contribution is 6.03. The van der Waals surface area contributed by atoms with Gasteiger partial charge in [0.15, 0.2) is 0 Å². The first-order valence-electron chi connectivity index (χ1n) is 10.1. The lowest BCUT2D eigenvalue weighted by Gasteiger charge is -2.08. The van der Waals surface area contributed by atoms with Crippen molar-refractivity contribution in [2.24, 2.45) is 0 Å². The number of amides is 1. The zero-order valence-electron chi connectivity index (χ0n) is 17.4. The Labute approximate surface area is 183 Å². The third kappa shape index (κ3) is 4.44. The molecule has 8 nitrogen and oxygen atoms in total. The molecule has 3 aromatic rings. The lowest BCUT2D eigenvalue weighted by Crippen LogP contribution is -2.21. The number of benzene rings is 2. The average molecular weight is 431 g/mol. The number of anilines is 1. The maximum atomic E-state index is 13.0. The second-order valence-corrected chi connectivity index (χ2v) is 7.21. The van der Waals surface area contributed by atoms with Crippen LogP contribution in [0.2, 0.25) is 0 Å². The van der Waals surface area contributed by atoms with E-state index in [0.29, 0.717) is 42.0 Å². The molecule has 4 rings (SSSR count). The standard InChI is InChI=1S/C24H21N3O5/c1-2-32-18-5-3-4-15(13-18)12-16-10-11-27-23(16)26-20-14-17(6-7-19(20)24(27)31)25-21(28)8-9-22(29)30/h3-9,12-14H,2,10-11H2,1H3,(H,25,28)(H,29,30)/b9-8-,16-12?. The van der Waals surface area contributed by atoms with Gasteiger partial charge >= 0.3 is 5.97 Å². The first-order valence-corrected chi connectivity index (χ1v) is 10.1. The number of aromatic nitrogens is 2. The summed E-state index contributed by atoms with van der Waals surface area (Å²) in [6.07, 6.45) is 4.36. The van der Waals surface area contributed by atoms with Crippen molar-refractivity contribution in [2.75, 3.05) is 11.9 Å². The predicted molar refractivity (Wildman–Crippen MR) is 122 cm³/mol. The van der Waals surface area contributed by atoms with Crippen LogP contribution in [0.5, 0.6) is 5.75 Å². The minimum absolute atomic E-state index is 0.139. The van der Waals surface area contributed by atoms with Crippen LogP contribution in [-0.2, 0) is 16.1 Å². The van der Waals surface area contributed by atoms with E-state index in [1.165, 1.54) is 0 Å². The van der Waals surface area contributed by atoms with Gasteiger partial charge in [-0.15, -0.1) is 0 Å². The van der Waals surface area contributed by atoms with Crippen LogP contribution in [0.3, 0.4) is 0 Å². The number of aliphatic carboxylic acids is 1. The fourth-order valence-electron chi connectivity index (χ4n) is 3.63. The van der Waals surface area contributed by atoms with Crippen LogP contribution in [0.25, 0.3) is 22.6 Å². The minimum Gasteiger partial charge on any atom is -0.494 e. The SMILES string of the molecule is CCOc1cccc(C=C2CCn3c2nc2cc(NC(=O)/C=C\C(=O)O)ccc2c3=O)c1. The predicted octanol–water partition coefficient (Wildman–Crippen LogP) is 3.32. The number of carbonyl (C=O) groups is 2. The van der Waals surface area contributed by atoms with Gasteiger partial charge in [0.25, 0.3) is 5.56 Å². The van der Waals surface area contributed by atoms with Gasteiger partial charge in [-0.2, -0.15) is 0 Å². The van der Waals surface area contributed by atoms with E-state index >= 15 is 0 Å². The lowest BCUT2D eigenvalue weighted by molar-refractivity contribution is -0.131. The van der Waals surface area contributed by atoms with Gasteiger partial charge in [-0.25, -0.2) is 9.78 Å². The van der Waals surface area contributed by atoms with E-state index in [9.17, 15) is 14.4 Å². The Morgan fingerprint density at radius 2 is 2.06 bits per heavy atom. The maximum Gasteiger partial charge on any atom is 0.328 e. The fourth-order valence-corrected chi connectivity index (χ4v) is 3.63. The maximum absolute atomic E-state index is 13.0. The number of carbonyl (C=O) groups excluding carboxylic acids is 1. The van der Waals surface area contributed by atoms with Crippen molar-refractivity contribution in [3.63, 3.8) is 0 Å². The van der Waals surface area contributed by atoms with E-state index in [0.717, 1.165) is 29.0 Å². The molecule has 0 atom stereocenters. The van der Waals surface area contributed by atoms with Crippen molar-refractivity contribution in [1.82, 2.24) is 9.55 Å². The molecule has 0 saturated carbocycles. The summed E-state index contributed by atoms with van der Waals surface area (Å²) in [5, 5.41) is 11.7. The van der Waals surface area contributed by atoms with Crippen LogP contribution in [0.15, 0.2) is 59.4 Å². The van der Waals surface area contributed by atoms with E-state index in [1.807, 2.05) is 37.3 Å². The van der Waals surface area contributed by atoms with Gasteiger partial charge < -0.3 is 15.2 Å². The monoisotopic (exact) mass is 431 g/mol. The molecule has 162 valence electrons. The Morgan fingerprint density at radius 1 is 1.22 bits per heavy atom. The molecule has 0 unspecified atom stereocenters. The van der Waals surface area contributed by atoms with E-state index < -0.39 is 11.9 Å². The number of allylic oxidation sites excluding steroid dienone is 1. The summed E-state index contributed by atoms with van der Waals surface area (Å²) in [6.45, 7) is 3.06. The van der Waals surface area contributed by atoms with Gasteiger partial charge in [0.05, 0.1) is 17.5 Å². The van der Waals surface area contributed by atoms with Gasteiger partial charge in [-0.1, -0.05) is 12.1 Å². The van der Waals surface area contributed by atoms with Gasteiger partial charge in [0.2, 0.25) is 5.91 Å². The zero-order chi connectivity index (χ0) is 22.7. The largest absolute Gasteiger partial charge is 0.494 e. The molecule has 2 heterocycles. The number of carboxylic acids is 1. The Kier molecular flexibility index (Phi) is 5.85. The highest BCUT2D eigenvalue weighted by atomic mass is 16.5. The number of fused-ring (bicyclic) bond motifs is 2. The molecule has 1 amide bonds. The van der Waals surface area contributed by atoms with Crippen LogP contribution in [0.4, 0.5) is 5.69 Å². The third-order valence-electron chi connectivity index (χ3n) is 5.00. The number of hydrogen-bond acceptors (Lipinski definition) is 5. The Balaban J connectivity index is 1.69. The second-order valence-electron chi connectivity index (χ2n) is 7.21. The molecule has 0 saturated heterocycles. The van der Waals surface area contributed by atoms with E-state index in [4.69, 9.17) is 14.8 Å². The quantitative estimate of drug-likeness (QED) is 0.580. The molecule has 0 spiro atoms. The number of nitrogens with one attached hydrogen (secondary N) is 1. The number of hydrogen-bond donors (Lipinski definition) is 2. The molecule has 1 aliphatic heterocycles. The molecule has 0 bridgehead atoms. The molecule has 2 N–H and O–H groups in total. The Bertz CT molecular complexity index is 1340. The molecule has 1 aromatic heterocycles. The van der Waals surface area contributed by atoms with Crippen LogP contribution in [0.1, 0.15) is 24.7 Å². The van der Waals surface area contributed by atoms with Crippen LogP contribution < -0.4 is 15.6 Å². The molecular weight excluding hydrogens is 410 g/mol. The van der Waals surface area contributed by atoms with Crippen LogP contribution in [0, 0.1) is 0 Å². The first kappa shape index (κ1) is 21.0. The van der Waals surface area contributed by atoms with Crippen molar-refractivity contribution in [1.29, 1.82) is 0 Å². The highest BCUT2D eigenvalue weighted by Crippen LogP contribution is 2.29. The van der Waals surface area contributed by atoms with Crippen molar-refractivity contribution in [3.05, 3.63) is 76.4 Å². The Morgan fingerprint density at radius 3 is 2.84 bits per heavy atom. The summed E-state index contributed by atoms with van der Waals surface area (Å²) in [7, 11) is 0. The molecule has 0 fully saturated rings. The lowest BCUT2D eigenvalue weighted by atomic mass is 10.1. The van der Waals surface area contributed by atoms with E-state index in [-0.39, 0.29) is 5.56 Å². The third-order valence-corrected chi connectivity index (χ3v) is 5.00. The molecular formula is C24H21N3O5. The average Bonchev–Trinajstić information content (AvgIpc) is 3.15. The fraction of sp³-hybridized carbons (Fsp3) is 0.167. The molecule has 0 aliphatic carbocycles. The van der Waals surface area contributed by atoms with Crippen molar-refractivity contribution in [2.45, 2.75) is 19.9 Å². The normalized spacial score (nSPS) is 14.1. The van der Waals surface area contributed by atoms with Crippen molar-refractivity contribution in [3.8, 4) is 5.75 Å². The van der Waals surface area contributed by atoms with Crippen LogP contribution >= 0.6 is 0 Å². The number of nitrogens with zero attached hydrogens (tertiary/aromatic N) is 2. The van der Waals surface area contributed by atoms with E-state index in [2.05, 4.69) is 5.32 Å². The van der Waals surface area contributed by atoms with Crippen molar-refractivity contribution < 1.29 is 19.4 Å². The second kappa shape index (κ2) is 8.89. The van der Waals surface area contributed by atoms with Crippen molar-refractivity contribution >= 4 is 40.1 Å². The zero-order valence-corrected chi connectivity index (χ0v) is 17.4. The molecule has 32 heavy (non-hydrogen) atoms. The van der Waals surface area contributed by atoms with Gasteiger partial charge in [-0.3, -0.25) is 14.2 Å². The minimum atomic E-state index is -1.21. The summed E-state index contributed by atoms with van der Waals surface area (Å²) >= 11 is 0. The Hall–Kier alpha value is -4.20. The number of ether oxygens (including phenoxy) is 1. The first-order chi connectivity index (χ1) is 15.4. The van der Waals surface area contributed by atoms with Gasteiger partial charge in [-0.05, 0) is 60.9 Å². The number of carboxylic acid groups (broad SMARTS) is 1. The summed E-state index contributed by atoms with van der Waals surface area (Å²) in [4.78, 5) is 40.1. The smallest absolute Gasteiger partial charge is 0.328 e. The summed E-state index contributed by atoms with van der Waals surface area (Å²) < 4.78 is 7.22. The summed E-state index contributed by atoms with van der Waals surface area (Å²) in [5.41, 5.74) is 2.64. The van der Waals surface area contributed by atoms with E-state index in [1.54, 1.807) is 22.8 Å². The molecule has 0 radical (unpaired) electrons.